The molecule has 33 heavy (non-hydrogen) atoms. The topological polar surface area (TPSA) is 110 Å². The van der Waals surface area contributed by atoms with Crippen LogP contribution in [0.15, 0.2) is 24.4 Å². The van der Waals surface area contributed by atoms with Crippen LogP contribution >= 0.6 is 11.3 Å². The summed E-state index contributed by atoms with van der Waals surface area (Å²) < 4.78 is 6.59. The maximum absolute atomic E-state index is 12.9. The summed E-state index contributed by atoms with van der Waals surface area (Å²) in [6.45, 7) is 5.32. The van der Waals surface area contributed by atoms with Crippen LogP contribution in [0, 0.1) is 5.92 Å². The molecule has 0 aromatic carbocycles. The van der Waals surface area contributed by atoms with Gasteiger partial charge in [0.25, 0.3) is 0 Å². The highest BCUT2D eigenvalue weighted by Gasteiger charge is 2.25. The molecule has 0 atom stereocenters. The lowest BCUT2D eigenvalue weighted by molar-refractivity contribution is -0.135. The number of carbonyl (C=O) groups excluding carboxylic acids is 1. The molecule has 0 unspecified atom stereocenters. The lowest BCUT2D eigenvalue weighted by Crippen LogP contribution is -2.38. The van der Waals surface area contributed by atoms with Gasteiger partial charge in [0.05, 0.1) is 30.0 Å². The van der Waals surface area contributed by atoms with Crippen molar-refractivity contribution in [1.29, 1.82) is 0 Å². The standard InChI is InChI=1S/C23H29N7O2S/c1-29(23(31)15-4-6-25-7-5-15)14-17-12-18-20(33-17)22(30-8-10-32-11-9-30)28-21(27-18)16-2-3-19(24)26-13-16/h2-3,12-13,15,25H,4-11,14H2,1H3,(H2,24,26). The third kappa shape index (κ3) is 4.78. The first-order valence-corrected chi connectivity index (χ1v) is 12.2. The molecule has 2 aliphatic rings. The Balaban J connectivity index is 1.47. The molecule has 3 aromatic heterocycles. The first kappa shape index (κ1) is 22.0. The molecule has 0 saturated carbocycles. The van der Waals surface area contributed by atoms with Crippen molar-refractivity contribution < 1.29 is 9.53 Å². The summed E-state index contributed by atoms with van der Waals surface area (Å²) in [5.74, 6) is 2.34. The minimum absolute atomic E-state index is 0.110. The highest BCUT2D eigenvalue weighted by atomic mass is 32.1. The normalized spacial score (nSPS) is 17.4. The van der Waals surface area contributed by atoms with Crippen LogP contribution in [0.4, 0.5) is 11.6 Å². The van der Waals surface area contributed by atoms with Gasteiger partial charge in [0.2, 0.25) is 5.91 Å². The van der Waals surface area contributed by atoms with Crippen molar-refractivity contribution in [3.05, 3.63) is 29.3 Å². The van der Waals surface area contributed by atoms with Gasteiger partial charge in [0.1, 0.15) is 5.82 Å². The Morgan fingerprint density at radius 2 is 2.06 bits per heavy atom. The molecule has 2 aliphatic heterocycles. The molecule has 2 saturated heterocycles. The van der Waals surface area contributed by atoms with E-state index in [-0.39, 0.29) is 11.8 Å². The van der Waals surface area contributed by atoms with Crippen LogP contribution < -0.4 is 16.0 Å². The maximum Gasteiger partial charge on any atom is 0.225 e. The third-order valence-electron chi connectivity index (χ3n) is 6.22. The van der Waals surface area contributed by atoms with Crippen LogP contribution in [0.5, 0.6) is 0 Å². The number of hydrogen-bond acceptors (Lipinski definition) is 9. The number of fused-ring (bicyclic) bond motifs is 1. The van der Waals surface area contributed by atoms with Crippen LogP contribution in [0.1, 0.15) is 17.7 Å². The molecule has 0 radical (unpaired) electrons. The van der Waals surface area contributed by atoms with Crippen molar-refractivity contribution in [2.45, 2.75) is 19.4 Å². The fourth-order valence-electron chi connectivity index (χ4n) is 4.39. The summed E-state index contributed by atoms with van der Waals surface area (Å²) in [6.07, 6.45) is 3.51. The van der Waals surface area contributed by atoms with Gasteiger partial charge in [-0.1, -0.05) is 0 Å². The smallest absolute Gasteiger partial charge is 0.225 e. The number of piperidine rings is 1. The van der Waals surface area contributed by atoms with E-state index in [1.54, 1.807) is 23.6 Å². The van der Waals surface area contributed by atoms with Crippen molar-refractivity contribution in [2.24, 2.45) is 5.92 Å². The fourth-order valence-corrected chi connectivity index (χ4v) is 5.56. The summed E-state index contributed by atoms with van der Waals surface area (Å²) >= 11 is 1.67. The van der Waals surface area contributed by atoms with Crippen molar-refractivity contribution >= 4 is 39.1 Å². The number of nitrogens with one attached hydrogen (secondary N) is 1. The molecule has 174 valence electrons. The summed E-state index contributed by atoms with van der Waals surface area (Å²) in [5, 5.41) is 3.33. The largest absolute Gasteiger partial charge is 0.384 e. The van der Waals surface area contributed by atoms with Crippen LogP contribution in [-0.4, -0.2) is 72.2 Å². The monoisotopic (exact) mass is 467 g/mol. The van der Waals surface area contributed by atoms with Gasteiger partial charge < -0.3 is 25.6 Å². The quantitative estimate of drug-likeness (QED) is 0.587. The van der Waals surface area contributed by atoms with Gasteiger partial charge in [-0.15, -0.1) is 11.3 Å². The van der Waals surface area contributed by atoms with E-state index in [0.29, 0.717) is 31.4 Å². The Kier molecular flexibility index (Phi) is 6.39. The van der Waals surface area contributed by atoms with Crippen LogP contribution in [0.25, 0.3) is 21.6 Å². The zero-order valence-electron chi connectivity index (χ0n) is 18.8. The number of morpholine rings is 1. The second-order valence-corrected chi connectivity index (χ2v) is 9.72. The number of nitrogens with zero attached hydrogens (tertiary/aromatic N) is 5. The zero-order chi connectivity index (χ0) is 22.8. The van der Waals surface area contributed by atoms with Crippen molar-refractivity contribution in [1.82, 2.24) is 25.2 Å². The molecule has 2 fully saturated rings. The Morgan fingerprint density at radius 1 is 1.27 bits per heavy atom. The number of nitrogen functional groups attached to an aromatic ring is 1. The van der Waals surface area contributed by atoms with E-state index < -0.39 is 0 Å². The first-order chi connectivity index (χ1) is 16.1. The number of pyridine rings is 1. The average molecular weight is 468 g/mol. The lowest BCUT2D eigenvalue weighted by Gasteiger charge is -2.28. The number of amides is 1. The number of thiophene rings is 1. The van der Waals surface area contributed by atoms with Crippen LogP contribution in [0.2, 0.25) is 0 Å². The third-order valence-corrected chi connectivity index (χ3v) is 7.32. The van der Waals surface area contributed by atoms with E-state index in [0.717, 1.165) is 65.5 Å². The molecule has 9 nitrogen and oxygen atoms in total. The lowest BCUT2D eigenvalue weighted by atomic mass is 9.97. The summed E-state index contributed by atoms with van der Waals surface area (Å²) in [4.78, 5) is 32.1. The first-order valence-electron chi connectivity index (χ1n) is 11.4. The zero-order valence-corrected chi connectivity index (χ0v) is 19.6. The van der Waals surface area contributed by atoms with Crippen molar-refractivity contribution in [3.8, 4) is 11.4 Å². The Labute approximate surface area is 197 Å². The molecule has 3 N–H and O–H groups in total. The predicted octanol–water partition coefficient (Wildman–Crippen LogP) is 2.13. The Morgan fingerprint density at radius 3 is 2.79 bits per heavy atom. The van der Waals surface area contributed by atoms with Crippen LogP contribution in [-0.2, 0) is 16.1 Å². The maximum atomic E-state index is 12.9. The van der Waals surface area contributed by atoms with Gasteiger partial charge in [-0.05, 0) is 44.1 Å². The molecule has 10 heteroatoms. The number of rotatable bonds is 5. The van der Waals surface area contributed by atoms with E-state index >= 15 is 0 Å². The van der Waals surface area contributed by atoms with E-state index in [9.17, 15) is 4.79 Å². The molecular weight excluding hydrogens is 438 g/mol. The number of aromatic nitrogens is 3. The second-order valence-electron chi connectivity index (χ2n) is 8.59. The number of nitrogens with two attached hydrogens (primary N) is 1. The van der Waals surface area contributed by atoms with Crippen LogP contribution in [0.3, 0.4) is 0 Å². The predicted molar refractivity (Wildman–Crippen MR) is 130 cm³/mol. The molecule has 0 bridgehead atoms. The molecule has 5 rings (SSSR count). The Bertz CT molecular complexity index is 1120. The van der Waals surface area contributed by atoms with E-state index in [1.165, 1.54) is 0 Å². The summed E-state index contributed by atoms with van der Waals surface area (Å²) in [7, 11) is 1.90. The van der Waals surface area contributed by atoms with Gasteiger partial charge in [0, 0.05) is 42.7 Å². The number of hydrogen-bond donors (Lipinski definition) is 2. The van der Waals surface area contributed by atoms with E-state index in [4.69, 9.17) is 20.4 Å². The fraction of sp³-hybridized carbons (Fsp3) is 0.478. The van der Waals surface area contributed by atoms with Gasteiger partial charge in [0.15, 0.2) is 11.6 Å². The van der Waals surface area contributed by atoms with Gasteiger partial charge in [-0.2, -0.15) is 0 Å². The summed E-state index contributed by atoms with van der Waals surface area (Å²) in [6, 6.07) is 5.75. The molecule has 1 amide bonds. The van der Waals surface area contributed by atoms with Crippen molar-refractivity contribution in [2.75, 3.05) is 57.1 Å². The van der Waals surface area contributed by atoms with E-state index in [1.807, 2.05) is 18.0 Å². The molecule has 5 heterocycles. The van der Waals surface area contributed by atoms with Gasteiger partial charge >= 0.3 is 0 Å². The molecule has 3 aromatic rings. The number of ether oxygens (including phenoxy) is 1. The summed E-state index contributed by atoms with van der Waals surface area (Å²) in [5.41, 5.74) is 7.48. The minimum Gasteiger partial charge on any atom is -0.384 e. The minimum atomic E-state index is 0.110. The SMILES string of the molecule is CN(Cc1cc2nc(-c3ccc(N)nc3)nc(N3CCOCC3)c2s1)C(=O)C1CCNCC1. The highest BCUT2D eigenvalue weighted by molar-refractivity contribution is 7.19. The van der Waals surface area contributed by atoms with Gasteiger partial charge in [-0.3, -0.25) is 4.79 Å². The average Bonchev–Trinajstić information content (AvgIpc) is 3.26. The molecule has 0 aliphatic carbocycles. The van der Waals surface area contributed by atoms with E-state index in [2.05, 4.69) is 21.3 Å². The second kappa shape index (κ2) is 9.58. The molecule has 0 spiro atoms. The number of carbonyl (C=O) groups is 1. The van der Waals surface area contributed by atoms with Gasteiger partial charge in [-0.25, -0.2) is 15.0 Å². The Hall–Kier alpha value is -2.82. The highest BCUT2D eigenvalue weighted by Crippen LogP contribution is 2.35. The number of anilines is 2. The van der Waals surface area contributed by atoms with Crippen molar-refractivity contribution in [3.63, 3.8) is 0 Å². The molecular formula is C23H29N7O2S.